The predicted octanol–water partition coefficient (Wildman–Crippen LogP) is 5.24. The van der Waals surface area contributed by atoms with E-state index in [0.29, 0.717) is 0 Å². The summed E-state index contributed by atoms with van der Waals surface area (Å²) in [6, 6.07) is 20.9. The zero-order valence-corrected chi connectivity index (χ0v) is 16.9. The molecule has 6 heteroatoms. The van der Waals surface area contributed by atoms with Crippen LogP contribution in [-0.4, -0.2) is 19.6 Å². The van der Waals surface area contributed by atoms with Crippen molar-refractivity contribution in [3.8, 4) is 0 Å². The molecule has 2 aromatic heterocycles. The van der Waals surface area contributed by atoms with E-state index >= 15 is 0 Å². The first kappa shape index (κ1) is 19.1. The Balaban J connectivity index is 1.85. The zero-order valence-electron chi connectivity index (χ0n) is 16.9. The first-order chi connectivity index (χ1) is 15.1. The Bertz CT molecular complexity index is 1430. The van der Waals surface area contributed by atoms with Gasteiger partial charge in [0.25, 0.3) is 5.69 Å². The van der Waals surface area contributed by atoms with Gasteiger partial charge in [0, 0.05) is 59.3 Å². The standard InChI is InChI=1S/C25H21N3O3/c1-27-14-22(19-8-4-5-9-24(19)27)25(18-7-3-2-6-16(18)15-29)21-13-26-23-11-10-17(28(30)31)12-20(21)23/h2-14,25-26,29H,15H2,1H3. The highest BCUT2D eigenvalue weighted by Gasteiger charge is 2.26. The third-order valence-electron chi connectivity index (χ3n) is 5.99. The second-order valence-electron chi connectivity index (χ2n) is 7.73. The van der Waals surface area contributed by atoms with Gasteiger partial charge >= 0.3 is 0 Å². The average molecular weight is 411 g/mol. The van der Waals surface area contributed by atoms with Crippen molar-refractivity contribution in [2.75, 3.05) is 0 Å². The number of aryl methyl sites for hydroxylation is 1. The number of benzene rings is 3. The molecule has 5 rings (SSSR count). The Kier molecular flexibility index (Phi) is 4.56. The fraction of sp³-hybridized carbons (Fsp3) is 0.120. The van der Waals surface area contributed by atoms with Crippen LogP contribution in [0, 0.1) is 10.1 Å². The highest BCUT2D eigenvalue weighted by Crippen LogP contribution is 2.41. The average Bonchev–Trinajstić information content (AvgIpc) is 3.36. The molecule has 0 aliphatic carbocycles. The van der Waals surface area contributed by atoms with Crippen molar-refractivity contribution >= 4 is 27.5 Å². The molecule has 0 amide bonds. The molecule has 154 valence electrons. The number of aromatic amines is 1. The number of fused-ring (bicyclic) bond motifs is 2. The van der Waals surface area contributed by atoms with Gasteiger partial charge in [-0.15, -0.1) is 0 Å². The molecule has 0 radical (unpaired) electrons. The Morgan fingerprint density at radius 2 is 1.77 bits per heavy atom. The maximum atomic E-state index is 11.4. The minimum absolute atomic E-state index is 0.0560. The number of nitro benzene ring substituents is 1. The fourth-order valence-corrected chi connectivity index (χ4v) is 4.55. The number of nitrogens with zero attached hydrogens (tertiary/aromatic N) is 2. The first-order valence-electron chi connectivity index (χ1n) is 10.1. The largest absolute Gasteiger partial charge is 0.392 e. The van der Waals surface area contributed by atoms with Gasteiger partial charge in [0.1, 0.15) is 0 Å². The minimum Gasteiger partial charge on any atom is -0.392 e. The van der Waals surface area contributed by atoms with Gasteiger partial charge in [0.2, 0.25) is 0 Å². The third-order valence-corrected chi connectivity index (χ3v) is 5.99. The highest BCUT2D eigenvalue weighted by atomic mass is 16.6. The fourth-order valence-electron chi connectivity index (χ4n) is 4.55. The summed E-state index contributed by atoms with van der Waals surface area (Å²) in [4.78, 5) is 14.3. The van der Waals surface area contributed by atoms with Gasteiger partial charge in [-0.25, -0.2) is 0 Å². The van der Waals surface area contributed by atoms with Gasteiger partial charge in [-0.1, -0.05) is 42.5 Å². The molecule has 0 aliphatic heterocycles. The summed E-state index contributed by atoms with van der Waals surface area (Å²) >= 11 is 0. The monoisotopic (exact) mass is 411 g/mol. The minimum atomic E-state index is -0.370. The maximum Gasteiger partial charge on any atom is 0.270 e. The molecule has 6 nitrogen and oxygen atoms in total. The number of nitro groups is 1. The van der Waals surface area contributed by atoms with Gasteiger partial charge in [0.05, 0.1) is 11.5 Å². The van der Waals surface area contributed by atoms with E-state index in [0.717, 1.165) is 44.1 Å². The lowest BCUT2D eigenvalue weighted by molar-refractivity contribution is -0.384. The Labute approximate surface area is 178 Å². The van der Waals surface area contributed by atoms with Crippen LogP contribution in [-0.2, 0) is 13.7 Å². The Hall–Kier alpha value is -3.90. The summed E-state index contributed by atoms with van der Waals surface area (Å²) in [7, 11) is 2.01. The predicted molar refractivity (Wildman–Crippen MR) is 121 cm³/mol. The summed E-state index contributed by atoms with van der Waals surface area (Å²) in [5.41, 5.74) is 5.85. The molecule has 2 N–H and O–H groups in total. The molecule has 0 spiro atoms. The molecule has 1 unspecified atom stereocenters. The van der Waals surface area contributed by atoms with Gasteiger partial charge in [-0.05, 0) is 34.4 Å². The number of non-ortho nitro benzene ring substituents is 1. The number of H-pyrrole nitrogens is 1. The normalized spacial score (nSPS) is 12.5. The molecule has 2 heterocycles. The summed E-state index contributed by atoms with van der Waals surface area (Å²) in [6.07, 6.45) is 4.04. The van der Waals surface area contributed by atoms with E-state index in [1.807, 2.05) is 49.6 Å². The van der Waals surface area contributed by atoms with Crippen LogP contribution < -0.4 is 0 Å². The molecule has 31 heavy (non-hydrogen) atoms. The third kappa shape index (κ3) is 3.08. The van der Waals surface area contributed by atoms with Crippen LogP contribution in [0.3, 0.4) is 0 Å². The van der Waals surface area contributed by atoms with Crippen LogP contribution in [0.15, 0.2) is 79.1 Å². The molecular weight excluding hydrogens is 390 g/mol. The summed E-state index contributed by atoms with van der Waals surface area (Å²) < 4.78 is 2.09. The van der Waals surface area contributed by atoms with Crippen molar-refractivity contribution in [3.05, 3.63) is 111 Å². The summed E-state index contributed by atoms with van der Waals surface area (Å²) in [5.74, 6) is -0.204. The second-order valence-corrected chi connectivity index (χ2v) is 7.73. The Morgan fingerprint density at radius 3 is 2.58 bits per heavy atom. The number of aliphatic hydroxyl groups is 1. The topological polar surface area (TPSA) is 84.1 Å². The number of para-hydroxylation sites is 1. The number of hydrogen-bond acceptors (Lipinski definition) is 3. The lowest BCUT2D eigenvalue weighted by atomic mass is 9.82. The quantitative estimate of drug-likeness (QED) is 0.306. The van der Waals surface area contributed by atoms with E-state index in [-0.39, 0.29) is 23.1 Å². The highest BCUT2D eigenvalue weighted by molar-refractivity contribution is 5.90. The lowest BCUT2D eigenvalue weighted by Gasteiger charge is -2.20. The second kappa shape index (κ2) is 7.41. The molecule has 5 aromatic rings. The van der Waals surface area contributed by atoms with E-state index in [1.165, 1.54) is 6.07 Å². The van der Waals surface area contributed by atoms with Crippen molar-refractivity contribution in [2.24, 2.45) is 7.05 Å². The molecule has 0 saturated carbocycles. The molecular formula is C25H21N3O3. The van der Waals surface area contributed by atoms with Gasteiger partial charge in [0.15, 0.2) is 0 Å². The van der Waals surface area contributed by atoms with Gasteiger partial charge < -0.3 is 14.7 Å². The molecule has 0 aliphatic rings. The van der Waals surface area contributed by atoms with Gasteiger partial charge in [-0.2, -0.15) is 0 Å². The van der Waals surface area contributed by atoms with Crippen LogP contribution in [0.2, 0.25) is 0 Å². The zero-order chi connectivity index (χ0) is 21.5. The smallest absolute Gasteiger partial charge is 0.270 e. The molecule has 0 bridgehead atoms. The summed E-state index contributed by atoms with van der Waals surface area (Å²) in [6.45, 7) is -0.0834. The molecule has 0 saturated heterocycles. The molecule has 1 atom stereocenters. The lowest BCUT2D eigenvalue weighted by Crippen LogP contribution is -2.06. The number of nitrogens with one attached hydrogen (secondary N) is 1. The van der Waals surface area contributed by atoms with Crippen molar-refractivity contribution < 1.29 is 10.0 Å². The number of aliphatic hydroxyl groups excluding tert-OH is 1. The van der Waals surface area contributed by atoms with Crippen LogP contribution in [0.4, 0.5) is 5.69 Å². The van der Waals surface area contributed by atoms with E-state index in [1.54, 1.807) is 12.1 Å². The number of hydrogen-bond donors (Lipinski definition) is 2. The van der Waals surface area contributed by atoms with Crippen LogP contribution >= 0.6 is 0 Å². The van der Waals surface area contributed by atoms with E-state index in [2.05, 4.69) is 27.9 Å². The van der Waals surface area contributed by atoms with E-state index < -0.39 is 0 Å². The Morgan fingerprint density at radius 1 is 1.00 bits per heavy atom. The number of aromatic nitrogens is 2. The summed E-state index contributed by atoms with van der Waals surface area (Å²) in [5, 5.41) is 23.4. The van der Waals surface area contributed by atoms with E-state index in [9.17, 15) is 15.2 Å². The maximum absolute atomic E-state index is 11.4. The van der Waals surface area contributed by atoms with Crippen molar-refractivity contribution in [2.45, 2.75) is 12.5 Å². The van der Waals surface area contributed by atoms with Crippen molar-refractivity contribution in [1.82, 2.24) is 9.55 Å². The van der Waals surface area contributed by atoms with Crippen molar-refractivity contribution in [1.29, 1.82) is 0 Å². The number of rotatable bonds is 5. The van der Waals surface area contributed by atoms with Crippen LogP contribution in [0.5, 0.6) is 0 Å². The molecule has 3 aromatic carbocycles. The van der Waals surface area contributed by atoms with Crippen molar-refractivity contribution in [3.63, 3.8) is 0 Å². The molecule has 0 fully saturated rings. The van der Waals surface area contributed by atoms with Gasteiger partial charge in [-0.3, -0.25) is 10.1 Å². The SMILES string of the molecule is Cn1cc(C(c2ccccc2CO)c2c[nH]c3ccc([N+](=O)[O-])cc23)c2ccccc21. The van der Waals surface area contributed by atoms with Crippen LogP contribution in [0.25, 0.3) is 21.8 Å². The van der Waals surface area contributed by atoms with E-state index in [4.69, 9.17) is 0 Å². The first-order valence-corrected chi connectivity index (χ1v) is 10.1. The van der Waals surface area contributed by atoms with Crippen LogP contribution in [0.1, 0.15) is 28.2 Å².